The van der Waals surface area contributed by atoms with Crippen LogP contribution in [0.5, 0.6) is 0 Å². The van der Waals surface area contributed by atoms with Gasteiger partial charge in [-0.3, -0.25) is 0 Å². The summed E-state index contributed by atoms with van der Waals surface area (Å²) in [5.74, 6) is 1.53. The largest absolute Gasteiger partial charge is 0.316 e. The monoisotopic (exact) mass is 231 g/mol. The van der Waals surface area contributed by atoms with Crippen LogP contribution in [-0.4, -0.2) is 13.1 Å². The normalized spacial score (nSPS) is 26.1. The van der Waals surface area contributed by atoms with Crippen LogP contribution >= 0.6 is 11.3 Å². The second-order valence-corrected chi connectivity index (χ2v) is 5.88. The van der Waals surface area contributed by atoms with Crippen LogP contribution in [-0.2, 0) is 0 Å². The smallest absolute Gasteiger partial charge is 0.0345 e. The van der Waals surface area contributed by atoms with Gasteiger partial charge in [0.2, 0.25) is 0 Å². The van der Waals surface area contributed by atoms with E-state index in [0.717, 1.165) is 11.8 Å². The van der Waals surface area contributed by atoms with E-state index >= 15 is 0 Å². The van der Waals surface area contributed by atoms with Gasteiger partial charge in [0.1, 0.15) is 0 Å². The van der Waals surface area contributed by atoms with Gasteiger partial charge in [0.15, 0.2) is 0 Å². The molecule has 0 amide bonds. The molecule has 0 saturated carbocycles. The fraction of sp³-hybridized carbons (Fsp3) is 0.429. The number of hydrogen-bond acceptors (Lipinski definition) is 2. The molecule has 1 fully saturated rings. The van der Waals surface area contributed by atoms with E-state index in [1.165, 1.54) is 29.6 Å². The molecule has 1 saturated heterocycles. The number of hydrogen-bond donors (Lipinski definition) is 1. The third-order valence-corrected chi connectivity index (χ3v) is 4.84. The predicted molar refractivity (Wildman–Crippen MR) is 71.2 cm³/mol. The van der Waals surface area contributed by atoms with Crippen molar-refractivity contribution in [1.82, 2.24) is 5.32 Å². The number of nitrogens with one attached hydrogen (secondary N) is 1. The summed E-state index contributed by atoms with van der Waals surface area (Å²) < 4.78 is 1.43. The van der Waals surface area contributed by atoms with Crippen LogP contribution in [0.4, 0.5) is 0 Å². The standard InChI is InChI=1S/C14H17NS/c1-10-9-15-7-6-12(10)14-8-11-4-2-3-5-13(11)16-14/h2-5,8,10,12,15H,6-7,9H2,1H3. The average Bonchev–Trinajstić information content (AvgIpc) is 2.73. The van der Waals surface area contributed by atoms with Crippen molar-refractivity contribution in [3.63, 3.8) is 0 Å². The summed E-state index contributed by atoms with van der Waals surface area (Å²) in [5.41, 5.74) is 0. The molecule has 3 rings (SSSR count). The van der Waals surface area contributed by atoms with Crippen molar-refractivity contribution in [2.75, 3.05) is 13.1 Å². The average molecular weight is 231 g/mol. The quantitative estimate of drug-likeness (QED) is 0.790. The maximum Gasteiger partial charge on any atom is 0.0345 e. The Morgan fingerprint density at radius 1 is 1.31 bits per heavy atom. The lowest BCUT2D eigenvalue weighted by atomic mass is 9.86. The lowest BCUT2D eigenvalue weighted by molar-refractivity contribution is 0.353. The van der Waals surface area contributed by atoms with Gasteiger partial charge in [0.25, 0.3) is 0 Å². The van der Waals surface area contributed by atoms with Gasteiger partial charge >= 0.3 is 0 Å². The number of fused-ring (bicyclic) bond motifs is 1. The molecule has 1 aromatic heterocycles. The molecule has 84 valence electrons. The van der Waals surface area contributed by atoms with Crippen molar-refractivity contribution in [3.05, 3.63) is 35.2 Å². The molecule has 0 bridgehead atoms. The van der Waals surface area contributed by atoms with E-state index in [4.69, 9.17) is 0 Å². The van der Waals surface area contributed by atoms with E-state index in [2.05, 4.69) is 42.6 Å². The van der Waals surface area contributed by atoms with Crippen LogP contribution in [0.1, 0.15) is 24.1 Å². The minimum atomic E-state index is 0.763. The van der Waals surface area contributed by atoms with Crippen molar-refractivity contribution in [1.29, 1.82) is 0 Å². The molecule has 1 aliphatic rings. The first-order valence-electron chi connectivity index (χ1n) is 6.04. The van der Waals surface area contributed by atoms with Gasteiger partial charge in [-0.15, -0.1) is 11.3 Å². The van der Waals surface area contributed by atoms with Crippen molar-refractivity contribution < 1.29 is 0 Å². The van der Waals surface area contributed by atoms with Crippen molar-refractivity contribution in [3.8, 4) is 0 Å². The van der Waals surface area contributed by atoms with Crippen molar-refractivity contribution in [2.45, 2.75) is 19.3 Å². The summed E-state index contributed by atoms with van der Waals surface area (Å²) in [6.45, 7) is 4.70. The minimum absolute atomic E-state index is 0.763. The first-order valence-corrected chi connectivity index (χ1v) is 6.85. The van der Waals surface area contributed by atoms with Gasteiger partial charge in [-0.25, -0.2) is 0 Å². The summed E-state index contributed by atoms with van der Waals surface area (Å²) in [6, 6.07) is 11.1. The molecule has 1 aromatic carbocycles. The highest BCUT2D eigenvalue weighted by atomic mass is 32.1. The molecule has 16 heavy (non-hydrogen) atoms. The molecular weight excluding hydrogens is 214 g/mol. The van der Waals surface area contributed by atoms with Crippen LogP contribution in [0.25, 0.3) is 10.1 Å². The van der Waals surface area contributed by atoms with Gasteiger partial charge in [-0.2, -0.15) is 0 Å². The van der Waals surface area contributed by atoms with Crippen molar-refractivity contribution >= 4 is 21.4 Å². The first kappa shape index (κ1) is 10.3. The van der Waals surface area contributed by atoms with Gasteiger partial charge in [-0.05, 0) is 48.9 Å². The molecule has 0 radical (unpaired) electrons. The number of thiophene rings is 1. The second kappa shape index (κ2) is 4.19. The minimum Gasteiger partial charge on any atom is -0.316 e. The SMILES string of the molecule is CC1CNCCC1c1cc2ccccc2s1. The van der Waals surface area contributed by atoms with Crippen molar-refractivity contribution in [2.24, 2.45) is 5.92 Å². The molecule has 2 heteroatoms. The molecular formula is C14H17NS. The Morgan fingerprint density at radius 3 is 3.00 bits per heavy atom. The summed E-state index contributed by atoms with van der Waals surface area (Å²) >= 11 is 1.98. The second-order valence-electron chi connectivity index (χ2n) is 4.76. The van der Waals surface area contributed by atoms with E-state index in [-0.39, 0.29) is 0 Å². The summed E-state index contributed by atoms with van der Waals surface area (Å²) in [4.78, 5) is 1.58. The molecule has 2 heterocycles. The van der Waals surface area contributed by atoms with Crippen LogP contribution < -0.4 is 5.32 Å². The third-order valence-electron chi connectivity index (χ3n) is 3.60. The zero-order valence-electron chi connectivity index (χ0n) is 9.57. The Morgan fingerprint density at radius 2 is 2.19 bits per heavy atom. The Kier molecular flexibility index (Phi) is 2.70. The Labute approximate surface area is 100 Å². The van der Waals surface area contributed by atoms with Gasteiger partial charge < -0.3 is 5.32 Å². The molecule has 1 N–H and O–H groups in total. The molecule has 1 nitrogen and oxygen atoms in total. The molecule has 0 spiro atoms. The number of piperidine rings is 1. The summed E-state index contributed by atoms with van der Waals surface area (Å²) in [7, 11) is 0. The highest BCUT2D eigenvalue weighted by molar-refractivity contribution is 7.19. The van der Waals surface area contributed by atoms with E-state index in [0.29, 0.717) is 0 Å². The predicted octanol–water partition coefficient (Wildman–Crippen LogP) is 3.61. The zero-order chi connectivity index (χ0) is 11.0. The first-order chi connectivity index (χ1) is 7.84. The Balaban J connectivity index is 1.98. The van der Waals surface area contributed by atoms with E-state index < -0.39 is 0 Å². The van der Waals surface area contributed by atoms with E-state index in [1.54, 1.807) is 4.88 Å². The summed E-state index contributed by atoms with van der Waals surface area (Å²) in [5, 5.41) is 4.88. The fourth-order valence-corrected chi connectivity index (χ4v) is 3.95. The van der Waals surface area contributed by atoms with E-state index in [9.17, 15) is 0 Å². The number of rotatable bonds is 1. The number of benzene rings is 1. The molecule has 2 unspecified atom stereocenters. The van der Waals surface area contributed by atoms with Gasteiger partial charge in [0.05, 0.1) is 0 Å². The van der Waals surface area contributed by atoms with Gasteiger partial charge in [0, 0.05) is 9.58 Å². The summed E-state index contributed by atoms with van der Waals surface area (Å²) in [6.07, 6.45) is 1.29. The lowest BCUT2D eigenvalue weighted by Crippen LogP contribution is -2.33. The van der Waals surface area contributed by atoms with Crippen LogP contribution in [0.3, 0.4) is 0 Å². The highest BCUT2D eigenvalue weighted by Gasteiger charge is 2.23. The third kappa shape index (κ3) is 1.76. The zero-order valence-corrected chi connectivity index (χ0v) is 10.4. The molecule has 0 aliphatic carbocycles. The Hall–Kier alpha value is -0.860. The van der Waals surface area contributed by atoms with E-state index in [1.807, 2.05) is 11.3 Å². The topological polar surface area (TPSA) is 12.0 Å². The molecule has 2 aromatic rings. The van der Waals surface area contributed by atoms with Crippen LogP contribution in [0, 0.1) is 5.92 Å². The Bertz CT molecular complexity index is 455. The van der Waals surface area contributed by atoms with Crippen LogP contribution in [0.15, 0.2) is 30.3 Å². The fourth-order valence-electron chi connectivity index (χ4n) is 2.62. The highest BCUT2D eigenvalue weighted by Crippen LogP contribution is 2.37. The molecule has 1 aliphatic heterocycles. The van der Waals surface area contributed by atoms with Gasteiger partial charge in [-0.1, -0.05) is 25.1 Å². The molecule has 2 atom stereocenters. The maximum atomic E-state index is 3.47. The van der Waals surface area contributed by atoms with Crippen LogP contribution in [0.2, 0.25) is 0 Å². The maximum absolute atomic E-state index is 3.47. The lowest BCUT2D eigenvalue weighted by Gasteiger charge is -2.28.